The molecule has 0 aliphatic carbocycles. The van der Waals surface area contributed by atoms with Gasteiger partial charge >= 0.3 is 0 Å². The van der Waals surface area contributed by atoms with Gasteiger partial charge in [0.1, 0.15) is 11.0 Å². The van der Waals surface area contributed by atoms with Gasteiger partial charge in [-0.3, -0.25) is 0 Å². The van der Waals surface area contributed by atoms with Crippen molar-refractivity contribution in [2.45, 2.75) is 13.1 Å². The zero-order chi connectivity index (χ0) is 22.9. The van der Waals surface area contributed by atoms with Gasteiger partial charge in [0.2, 0.25) is 0 Å². The Balaban J connectivity index is 1.58. The van der Waals surface area contributed by atoms with E-state index in [-0.39, 0.29) is 0 Å². The number of benzene rings is 3. The highest BCUT2D eigenvalue weighted by Crippen LogP contribution is 2.46. The van der Waals surface area contributed by atoms with Crippen molar-refractivity contribution in [1.29, 1.82) is 0 Å². The van der Waals surface area contributed by atoms with Crippen LogP contribution in [0.3, 0.4) is 0 Å². The molecule has 0 bridgehead atoms. The Morgan fingerprint density at radius 3 is 1.49 bits per heavy atom. The van der Waals surface area contributed by atoms with E-state index in [2.05, 4.69) is 92.7 Å². The van der Waals surface area contributed by atoms with Gasteiger partial charge in [-0.25, -0.2) is 0 Å². The van der Waals surface area contributed by atoms with Crippen molar-refractivity contribution >= 4 is 87.7 Å². The summed E-state index contributed by atoms with van der Waals surface area (Å²) in [5, 5.41) is 6.87. The molecule has 0 fully saturated rings. The van der Waals surface area contributed by atoms with Gasteiger partial charge in [-0.05, 0) is 34.0 Å². The standard InChI is InChI=1S/C28H18N4S3/c1-3-7-17(8-4-1)15-31-19-11-13-33-27(19)21-23-24(30-35-29-23)22-26(25(21)31)32(20-12-14-34-28(20)22)16-18-9-5-2-6-10-18/h1-14H,15-16H2. The van der Waals surface area contributed by atoms with Crippen LogP contribution in [0.2, 0.25) is 0 Å². The molecule has 4 nitrogen and oxygen atoms in total. The molecule has 0 radical (unpaired) electrons. The van der Waals surface area contributed by atoms with Gasteiger partial charge in [0.25, 0.3) is 0 Å². The van der Waals surface area contributed by atoms with Crippen LogP contribution in [-0.2, 0) is 13.1 Å². The largest absolute Gasteiger partial charge is 0.333 e. The van der Waals surface area contributed by atoms with E-state index in [1.54, 1.807) is 22.7 Å². The van der Waals surface area contributed by atoms with Crippen molar-refractivity contribution < 1.29 is 0 Å². The molecule has 5 heterocycles. The average molecular weight is 507 g/mol. The summed E-state index contributed by atoms with van der Waals surface area (Å²) >= 11 is 4.93. The van der Waals surface area contributed by atoms with Gasteiger partial charge < -0.3 is 9.13 Å². The minimum absolute atomic E-state index is 0.819. The smallest absolute Gasteiger partial charge is 0.116 e. The van der Waals surface area contributed by atoms with Crippen molar-refractivity contribution in [3.8, 4) is 0 Å². The van der Waals surface area contributed by atoms with E-state index >= 15 is 0 Å². The highest BCUT2D eigenvalue weighted by Gasteiger charge is 2.26. The van der Waals surface area contributed by atoms with Crippen molar-refractivity contribution in [1.82, 2.24) is 17.9 Å². The van der Waals surface area contributed by atoms with E-state index in [9.17, 15) is 0 Å². The lowest BCUT2D eigenvalue weighted by atomic mass is 10.1. The molecule has 0 unspecified atom stereocenters. The molecule has 0 aliphatic rings. The summed E-state index contributed by atoms with van der Waals surface area (Å²) in [5.74, 6) is 0. The molecule has 0 spiro atoms. The third kappa shape index (κ3) is 2.77. The summed E-state index contributed by atoms with van der Waals surface area (Å²) in [5.41, 5.74) is 9.73. The predicted molar refractivity (Wildman–Crippen MR) is 150 cm³/mol. The van der Waals surface area contributed by atoms with Crippen molar-refractivity contribution in [2.75, 3.05) is 0 Å². The molecule has 8 rings (SSSR count). The maximum Gasteiger partial charge on any atom is 0.116 e. The maximum atomic E-state index is 4.85. The van der Waals surface area contributed by atoms with Crippen LogP contribution in [0.25, 0.3) is 53.3 Å². The first-order chi connectivity index (χ1) is 17.4. The fraction of sp³-hybridized carbons (Fsp3) is 0.0714. The molecule has 0 saturated heterocycles. The summed E-state index contributed by atoms with van der Waals surface area (Å²) < 4.78 is 17.3. The maximum absolute atomic E-state index is 4.85. The molecule has 8 aromatic rings. The van der Waals surface area contributed by atoms with Gasteiger partial charge in [-0.2, -0.15) is 8.75 Å². The summed E-state index contributed by atoms with van der Waals surface area (Å²) in [6.07, 6.45) is 0. The first kappa shape index (κ1) is 19.8. The molecule has 3 aromatic carbocycles. The lowest BCUT2D eigenvalue weighted by Gasteiger charge is -2.12. The molecule has 0 N–H and O–H groups in total. The Morgan fingerprint density at radius 2 is 1.03 bits per heavy atom. The molecular formula is C28H18N4S3. The lowest BCUT2D eigenvalue weighted by Crippen LogP contribution is -2.03. The highest BCUT2D eigenvalue weighted by molar-refractivity contribution is 7.19. The van der Waals surface area contributed by atoms with Crippen molar-refractivity contribution in [3.63, 3.8) is 0 Å². The Labute approximate surface area is 212 Å². The van der Waals surface area contributed by atoms with Gasteiger partial charge in [-0.1, -0.05) is 60.7 Å². The van der Waals surface area contributed by atoms with Gasteiger partial charge in [0.15, 0.2) is 0 Å². The average Bonchev–Trinajstić information content (AvgIpc) is 3.70. The number of nitrogens with zero attached hydrogens (tertiary/aromatic N) is 4. The van der Waals surface area contributed by atoms with Crippen LogP contribution >= 0.6 is 34.4 Å². The van der Waals surface area contributed by atoms with E-state index in [1.807, 2.05) is 0 Å². The second-order valence-corrected chi connectivity index (χ2v) is 11.2. The first-order valence-corrected chi connectivity index (χ1v) is 14.0. The van der Waals surface area contributed by atoms with Crippen molar-refractivity contribution in [3.05, 3.63) is 94.7 Å². The van der Waals surface area contributed by atoms with E-state index in [0.717, 1.165) is 24.1 Å². The second-order valence-electron chi connectivity index (χ2n) is 8.82. The van der Waals surface area contributed by atoms with E-state index in [0.29, 0.717) is 0 Å². The van der Waals surface area contributed by atoms with Gasteiger partial charge in [0.05, 0.1) is 43.2 Å². The first-order valence-electron chi connectivity index (χ1n) is 11.5. The normalized spacial score (nSPS) is 12.2. The van der Waals surface area contributed by atoms with Crippen LogP contribution in [0.5, 0.6) is 0 Å². The molecule has 35 heavy (non-hydrogen) atoms. The van der Waals surface area contributed by atoms with Crippen molar-refractivity contribution in [2.24, 2.45) is 0 Å². The monoisotopic (exact) mass is 506 g/mol. The molecule has 0 saturated carbocycles. The molecule has 168 valence electrons. The molecule has 5 aromatic heterocycles. The quantitative estimate of drug-likeness (QED) is 0.242. The second kappa shape index (κ2) is 7.49. The number of aromatic nitrogens is 4. The summed E-state index contributed by atoms with van der Waals surface area (Å²) in [7, 11) is 0. The third-order valence-corrected chi connectivity index (χ3v) is 9.26. The number of hydrogen-bond donors (Lipinski definition) is 0. The Hall–Kier alpha value is -3.52. The van der Waals surface area contributed by atoms with Gasteiger partial charge in [-0.15, -0.1) is 22.7 Å². The minimum atomic E-state index is 0.819. The number of hydrogen-bond acceptors (Lipinski definition) is 5. The van der Waals surface area contributed by atoms with Crippen LogP contribution in [0.1, 0.15) is 11.1 Å². The molecular weight excluding hydrogens is 489 g/mol. The number of rotatable bonds is 4. The zero-order valence-electron chi connectivity index (χ0n) is 18.5. The zero-order valence-corrected chi connectivity index (χ0v) is 21.0. The SMILES string of the molecule is c1ccc(Cn2c3ccsc3c3c4nsnc4c4c5sccc5n(Cc5ccccc5)c4c32)cc1. The lowest BCUT2D eigenvalue weighted by molar-refractivity contribution is 0.849. The fourth-order valence-corrected chi connectivity index (χ4v) is 7.89. The summed E-state index contributed by atoms with van der Waals surface area (Å²) in [6.45, 7) is 1.64. The van der Waals surface area contributed by atoms with E-state index < -0.39 is 0 Å². The highest BCUT2D eigenvalue weighted by atomic mass is 32.1. The molecule has 7 heteroatoms. The summed E-state index contributed by atoms with van der Waals surface area (Å²) in [6, 6.07) is 26.0. The fourth-order valence-electron chi connectivity index (χ4n) is 5.44. The molecule has 0 amide bonds. The molecule has 0 aliphatic heterocycles. The van der Waals surface area contributed by atoms with Crippen LogP contribution in [0.15, 0.2) is 83.6 Å². The van der Waals surface area contributed by atoms with Gasteiger partial charge in [0, 0.05) is 23.9 Å². The van der Waals surface area contributed by atoms with E-state index in [4.69, 9.17) is 8.75 Å². The summed E-state index contributed by atoms with van der Waals surface area (Å²) in [4.78, 5) is 0. The number of fused-ring (bicyclic) bond motifs is 10. The topological polar surface area (TPSA) is 35.6 Å². The Kier molecular flexibility index (Phi) is 4.23. The minimum Gasteiger partial charge on any atom is -0.333 e. The third-order valence-electron chi connectivity index (χ3n) is 6.89. The van der Waals surface area contributed by atoms with Crippen LogP contribution < -0.4 is 0 Å². The van der Waals surface area contributed by atoms with Crippen LogP contribution in [-0.4, -0.2) is 17.9 Å². The van der Waals surface area contributed by atoms with Crippen LogP contribution in [0, 0.1) is 0 Å². The van der Waals surface area contributed by atoms with E-state index in [1.165, 1.54) is 65.1 Å². The Morgan fingerprint density at radius 1 is 0.571 bits per heavy atom. The molecule has 0 atom stereocenters. The Bertz CT molecular complexity index is 1860. The van der Waals surface area contributed by atoms with Crippen LogP contribution in [0.4, 0.5) is 0 Å². The number of thiophene rings is 2. The predicted octanol–water partition coefficient (Wildman–Crippen LogP) is 8.13.